The van der Waals surface area contributed by atoms with Crippen LogP contribution in [0.15, 0.2) is 94.7 Å². The zero-order valence-electron chi connectivity index (χ0n) is 20.7. The Bertz CT molecular complexity index is 1600. The molecule has 0 radical (unpaired) electrons. The highest BCUT2D eigenvalue weighted by Gasteiger charge is 2.49. The molecule has 0 spiro atoms. The van der Waals surface area contributed by atoms with Crippen LogP contribution in [0.1, 0.15) is 33.4 Å². The number of fused-ring (bicyclic) bond motifs is 1. The Balaban J connectivity index is 1.03. The number of thioether (sulfide) groups is 1. The van der Waals surface area contributed by atoms with Crippen molar-refractivity contribution in [3.63, 3.8) is 0 Å². The summed E-state index contributed by atoms with van der Waals surface area (Å²) in [6.45, 7) is -0.0457. The van der Waals surface area contributed by atoms with Crippen LogP contribution in [0.2, 0.25) is 0 Å². The molecule has 3 aromatic heterocycles. The Labute approximate surface area is 236 Å². The van der Waals surface area contributed by atoms with Crippen molar-refractivity contribution in [3.8, 4) is 0 Å². The number of imidazole rings is 1. The van der Waals surface area contributed by atoms with Crippen LogP contribution in [-0.4, -0.2) is 53.4 Å². The van der Waals surface area contributed by atoms with Crippen molar-refractivity contribution in [3.05, 3.63) is 112 Å². The first-order valence-electron chi connectivity index (χ1n) is 12.3. The molecule has 8 nitrogen and oxygen atoms in total. The summed E-state index contributed by atoms with van der Waals surface area (Å²) in [6, 6.07) is 20.6. The van der Waals surface area contributed by atoms with Crippen molar-refractivity contribution < 1.29 is 14.3 Å². The van der Waals surface area contributed by atoms with E-state index in [0.29, 0.717) is 11.3 Å². The van der Waals surface area contributed by atoms with E-state index in [-0.39, 0.29) is 31.2 Å². The molecule has 1 fully saturated rings. The average molecular weight is 608 g/mol. The van der Waals surface area contributed by atoms with Gasteiger partial charge in [-0.1, -0.05) is 39.3 Å². The Morgan fingerprint density at radius 2 is 1.92 bits per heavy atom. The highest BCUT2D eigenvalue weighted by atomic mass is 79.9. The number of aromatic nitrogens is 5. The molecule has 6 rings (SSSR count). The molecule has 4 heterocycles. The second-order valence-electron chi connectivity index (χ2n) is 9.53. The first kappa shape index (κ1) is 25.7. The number of halogens is 2. The number of pyridine rings is 1. The van der Waals surface area contributed by atoms with Crippen LogP contribution in [0, 0.1) is 0 Å². The van der Waals surface area contributed by atoms with Crippen LogP contribution in [0.4, 0.5) is 4.39 Å². The fourth-order valence-electron chi connectivity index (χ4n) is 4.54. The van der Waals surface area contributed by atoms with Gasteiger partial charge in [0, 0.05) is 33.1 Å². The normalized spacial score (nSPS) is 15.3. The van der Waals surface area contributed by atoms with Gasteiger partial charge in [0.1, 0.15) is 11.3 Å². The van der Waals surface area contributed by atoms with Crippen LogP contribution in [0.5, 0.6) is 0 Å². The van der Waals surface area contributed by atoms with Gasteiger partial charge in [0.05, 0.1) is 37.6 Å². The van der Waals surface area contributed by atoms with Gasteiger partial charge in [-0.25, -0.2) is 14.1 Å². The summed E-state index contributed by atoms with van der Waals surface area (Å²) in [5.74, 6) is 0.490. The summed E-state index contributed by atoms with van der Waals surface area (Å²) < 4.78 is 19.8. The highest BCUT2D eigenvalue weighted by Crippen LogP contribution is 2.36. The van der Waals surface area contributed by atoms with Crippen LogP contribution < -0.4 is 0 Å². The van der Waals surface area contributed by atoms with E-state index >= 15 is 4.39 Å². The molecular formula is C28H24BrFN6O2S. The quantitative estimate of drug-likeness (QED) is 0.249. The standard InChI is InChI=1S/C28H24BrFN6O2S/c29-21-5-3-4-20(12-21)24(37)14-36-15-25(32-33-36)28(30)17-35(18-28)27(38)19-7-9-23(10-8-19)39-16-22-13-34-11-2-1-6-26(34)31-22/h1-13,15,24,37H,14,16-18H2/t24-/m1/s1. The van der Waals surface area contributed by atoms with Crippen LogP contribution in [0.25, 0.3) is 5.65 Å². The van der Waals surface area contributed by atoms with E-state index in [1.54, 1.807) is 23.9 Å². The molecule has 2 aromatic carbocycles. The van der Waals surface area contributed by atoms with Crippen molar-refractivity contribution in [1.82, 2.24) is 29.3 Å². The van der Waals surface area contributed by atoms with Gasteiger partial charge in [-0.15, -0.1) is 16.9 Å². The lowest BCUT2D eigenvalue weighted by Gasteiger charge is -2.43. The molecule has 11 heteroatoms. The second-order valence-corrected chi connectivity index (χ2v) is 11.5. The number of amides is 1. The summed E-state index contributed by atoms with van der Waals surface area (Å²) in [7, 11) is 0. The molecule has 0 aliphatic carbocycles. The molecule has 1 aliphatic heterocycles. The summed E-state index contributed by atoms with van der Waals surface area (Å²) >= 11 is 5.03. The van der Waals surface area contributed by atoms with Gasteiger partial charge in [-0.05, 0) is 54.1 Å². The number of benzene rings is 2. The third-order valence-corrected chi connectivity index (χ3v) is 8.20. The number of hydrogen-bond acceptors (Lipinski definition) is 6. The molecule has 1 N–H and O–H groups in total. The van der Waals surface area contributed by atoms with Crippen molar-refractivity contribution in [1.29, 1.82) is 0 Å². The molecule has 1 atom stereocenters. The lowest BCUT2D eigenvalue weighted by atomic mass is 9.92. The first-order valence-corrected chi connectivity index (χ1v) is 14.1. The van der Waals surface area contributed by atoms with E-state index in [0.717, 1.165) is 26.3 Å². The number of hydrogen-bond donors (Lipinski definition) is 1. The molecule has 1 saturated heterocycles. The number of carbonyl (C=O) groups excluding carboxylic acids is 1. The monoisotopic (exact) mass is 606 g/mol. The molecular weight excluding hydrogens is 583 g/mol. The maximum atomic E-state index is 15.5. The van der Waals surface area contributed by atoms with E-state index in [4.69, 9.17) is 0 Å². The van der Waals surface area contributed by atoms with E-state index in [1.165, 1.54) is 15.8 Å². The third-order valence-electron chi connectivity index (χ3n) is 6.66. The summed E-state index contributed by atoms with van der Waals surface area (Å²) in [5, 5.41) is 18.5. The maximum absolute atomic E-state index is 15.5. The SMILES string of the molecule is O=C(c1ccc(SCc2cn3ccccc3n2)cc1)N1CC(F)(c2cn(C[C@@H](O)c3cccc(Br)c3)nn2)C1. The van der Waals surface area contributed by atoms with Gasteiger partial charge in [0.15, 0.2) is 5.67 Å². The Morgan fingerprint density at radius 1 is 1.10 bits per heavy atom. The van der Waals surface area contributed by atoms with Crippen molar-refractivity contribution >= 4 is 39.2 Å². The fraction of sp³-hybridized carbons (Fsp3) is 0.214. The Kier molecular flexibility index (Phi) is 6.96. The minimum Gasteiger partial charge on any atom is -0.386 e. The number of aliphatic hydroxyl groups excluding tert-OH is 1. The number of carbonyl (C=O) groups is 1. The first-order chi connectivity index (χ1) is 18.9. The Morgan fingerprint density at radius 3 is 2.69 bits per heavy atom. The van der Waals surface area contributed by atoms with E-state index < -0.39 is 11.8 Å². The van der Waals surface area contributed by atoms with Gasteiger partial charge in [-0.3, -0.25) is 4.79 Å². The van der Waals surface area contributed by atoms with Gasteiger partial charge >= 0.3 is 0 Å². The van der Waals surface area contributed by atoms with Crippen molar-refractivity contribution in [2.24, 2.45) is 0 Å². The number of alkyl halides is 1. The molecule has 1 aliphatic rings. The zero-order valence-corrected chi connectivity index (χ0v) is 23.1. The van der Waals surface area contributed by atoms with Crippen LogP contribution in [0.3, 0.4) is 0 Å². The maximum Gasteiger partial charge on any atom is 0.254 e. The van der Waals surface area contributed by atoms with E-state index in [1.807, 2.05) is 71.4 Å². The molecule has 1 amide bonds. The minimum atomic E-state index is -1.77. The van der Waals surface area contributed by atoms with Crippen LogP contribution >= 0.6 is 27.7 Å². The summed E-state index contributed by atoms with van der Waals surface area (Å²) in [4.78, 5) is 20.0. The van der Waals surface area contributed by atoms with Crippen molar-refractivity contribution in [2.75, 3.05) is 13.1 Å². The molecule has 0 unspecified atom stereocenters. The average Bonchev–Trinajstić information content (AvgIpc) is 3.57. The molecule has 0 bridgehead atoms. The molecule has 39 heavy (non-hydrogen) atoms. The lowest BCUT2D eigenvalue weighted by molar-refractivity contribution is -0.0258. The number of rotatable bonds is 8. The Hall–Kier alpha value is -3.54. The van der Waals surface area contributed by atoms with Gasteiger partial charge in [0.25, 0.3) is 5.91 Å². The zero-order chi connectivity index (χ0) is 27.0. The summed E-state index contributed by atoms with van der Waals surface area (Å²) in [6.07, 6.45) is 4.67. The van der Waals surface area contributed by atoms with Crippen LogP contribution in [-0.2, 0) is 18.0 Å². The largest absolute Gasteiger partial charge is 0.386 e. The second kappa shape index (κ2) is 10.6. The highest BCUT2D eigenvalue weighted by molar-refractivity contribution is 9.10. The van der Waals surface area contributed by atoms with E-state index in [2.05, 4.69) is 31.2 Å². The number of likely N-dealkylation sites (tertiary alicyclic amines) is 1. The fourth-order valence-corrected chi connectivity index (χ4v) is 5.74. The molecule has 0 saturated carbocycles. The predicted octanol–water partition coefficient (Wildman–Crippen LogP) is 5.04. The van der Waals surface area contributed by atoms with Gasteiger partial charge in [0.2, 0.25) is 0 Å². The van der Waals surface area contributed by atoms with Crippen molar-refractivity contribution in [2.45, 2.75) is 29.0 Å². The van der Waals surface area contributed by atoms with Gasteiger partial charge < -0.3 is 14.4 Å². The lowest BCUT2D eigenvalue weighted by Crippen LogP contribution is -2.59. The molecule has 198 valence electrons. The number of aliphatic hydroxyl groups is 1. The minimum absolute atomic E-state index is 0.0941. The van der Waals surface area contributed by atoms with Gasteiger partial charge in [-0.2, -0.15) is 0 Å². The predicted molar refractivity (Wildman–Crippen MR) is 149 cm³/mol. The number of nitrogens with zero attached hydrogens (tertiary/aromatic N) is 6. The smallest absolute Gasteiger partial charge is 0.254 e. The summed E-state index contributed by atoms with van der Waals surface area (Å²) in [5.41, 5.74) is 1.51. The van der Waals surface area contributed by atoms with E-state index in [9.17, 15) is 9.90 Å². The molecule has 5 aromatic rings. The topological polar surface area (TPSA) is 88.6 Å². The third kappa shape index (κ3) is 5.47.